The van der Waals surface area contributed by atoms with E-state index in [0.29, 0.717) is 22.9 Å². The highest BCUT2D eigenvalue weighted by molar-refractivity contribution is 6.30. The van der Waals surface area contributed by atoms with E-state index >= 15 is 0 Å². The van der Waals surface area contributed by atoms with Crippen LogP contribution in [0, 0.1) is 11.3 Å². The molecule has 0 aliphatic heterocycles. The lowest BCUT2D eigenvalue weighted by atomic mass is 10.1. The molecular weight excluding hydrogens is 416 g/mol. The maximum atomic E-state index is 12.4. The van der Waals surface area contributed by atoms with Crippen molar-refractivity contribution in [1.82, 2.24) is 0 Å². The molecule has 31 heavy (non-hydrogen) atoms. The zero-order chi connectivity index (χ0) is 22.2. The summed E-state index contributed by atoms with van der Waals surface area (Å²) in [6.45, 7) is 0.376. The summed E-state index contributed by atoms with van der Waals surface area (Å²) in [5.74, 6) is -1.24. The molecule has 2 N–H and O–H groups in total. The molecule has 0 aliphatic rings. The van der Waals surface area contributed by atoms with Gasteiger partial charge in [-0.15, -0.1) is 0 Å². The Bertz CT molecular complexity index is 1160. The summed E-state index contributed by atoms with van der Waals surface area (Å²) < 4.78 is 5.72. The Morgan fingerprint density at radius 2 is 1.71 bits per heavy atom. The largest absolute Gasteiger partial charge is 0.489 e. The monoisotopic (exact) mass is 432 g/mol. The van der Waals surface area contributed by atoms with E-state index in [1.165, 1.54) is 18.2 Å². The number of carbonyl (C=O) groups is 2. The van der Waals surface area contributed by atoms with Crippen LogP contribution in [-0.4, -0.2) is 17.0 Å². The first-order chi connectivity index (χ1) is 15.0. The fourth-order valence-electron chi connectivity index (χ4n) is 2.69. The number of nitriles is 1. The number of nitrogens with one attached hydrogen (secondary N) is 1. The lowest BCUT2D eigenvalue weighted by molar-refractivity contribution is -0.112. The highest BCUT2D eigenvalue weighted by Crippen LogP contribution is 2.19. The Hall–Kier alpha value is -4.08. The molecule has 0 heterocycles. The number of para-hydroxylation sites is 1. The van der Waals surface area contributed by atoms with E-state index in [0.717, 1.165) is 5.56 Å². The van der Waals surface area contributed by atoms with E-state index in [1.807, 2.05) is 18.2 Å². The van der Waals surface area contributed by atoms with Gasteiger partial charge in [0.15, 0.2) is 0 Å². The third kappa shape index (κ3) is 5.95. The van der Waals surface area contributed by atoms with Gasteiger partial charge in [-0.05, 0) is 53.6 Å². The van der Waals surface area contributed by atoms with Crippen molar-refractivity contribution in [2.24, 2.45) is 0 Å². The fourth-order valence-corrected chi connectivity index (χ4v) is 2.82. The molecule has 0 saturated carbocycles. The van der Waals surface area contributed by atoms with E-state index < -0.39 is 11.9 Å². The van der Waals surface area contributed by atoms with Crippen molar-refractivity contribution in [3.8, 4) is 11.8 Å². The van der Waals surface area contributed by atoms with Gasteiger partial charge in [0.1, 0.15) is 24.0 Å². The summed E-state index contributed by atoms with van der Waals surface area (Å²) in [6, 6.07) is 22.0. The summed E-state index contributed by atoms with van der Waals surface area (Å²) in [7, 11) is 0. The fraction of sp³-hybridized carbons (Fsp3) is 0.0417. The minimum atomic E-state index is -1.17. The first-order valence-electron chi connectivity index (χ1n) is 9.19. The molecule has 0 atom stereocenters. The van der Waals surface area contributed by atoms with E-state index in [4.69, 9.17) is 16.3 Å². The van der Waals surface area contributed by atoms with Gasteiger partial charge in [-0.1, -0.05) is 48.0 Å². The van der Waals surface area contributed by atoms with Gasteiger partial charge in [-0.3, -0.25) is 4.79 Å². The van der Waals surface area contributed by atoms with Crippen LogP contribution in [0.25, 0.3) is 6.08 Å². The van der Waals surface area contributed by atoms with Gasteiger partial charge < -0.3 is 15.2 Å². The van der Waals surface area contributed by atoms with Crippen molar-refractivity contribution in [3.05, 3.63) is 100 Å². The van der Waals surface area contributed by atoms with Crippen LogP contribution in [-0.2, 0) is 11.4 Å². The van der Waals surface area contributed by atoms with Crippen molar-refractivity contribution >= 4 is 35.2 Å². The van der Waals surface area contributed by atoms with E-state index in [-0.39, 0.29) is 16.8 Å². The number of ether oxygens (including phenoxy) is 1. The molecule has 0 aliphatic carbocycles. The number of hydrogen-bond donors (Lipinski definition) is 2. The van der Waals surface area contributed by atoms with Crippen LogP contribution < -0.4 is 10.1 Å². The van der Waals surface area contributed by atoms with Crippen molar-refractivity contribution < 1.29 is 19.4 Å². The number of anilines is 1. The lowest BCUT2D eigenvalue weighted by Gasteiger charge is -2.08. The highest BCUT2D eigenvalue weighted by atomic mass is 35.5. The van der Waals surface area contributed by atoms with Crippen LogP contribution in [0.3, 0.4) is 0 Å². The Morgan fingerprint density at radius 3 is 2.35 bits per heavy atom. The number of hydrogen-bond acceptors (Lipinski definition) is 4. The van der Waals surface area contributed by atoms with Gasteiger partial charge in [0.25, 0.3) is 5.91 Å². The molecule has 1 amide bonds. The van der Waals surface area contributed by atoms with Crippen molar-refractivity contribution in [2.45, 2.75) is 6.61 Å². The molecule has 3 rings (SSSR count). The van der Waals surface area contributed by atoms with Crippen LogP contribution >= 0.6 is 11.6 Å². The molecule has 6 nitrogen and oxygen atoms in total. The number of carbonyl (C=O) groups excluding carboxylic acids is 1. The molecule has 0 aromatic heterocycles. The second kappa shape index (κ2) is 10.1. The normalized spacial score (nSPS) is 10.8. The van der Waals surface area contributed by atoms with Crippen molar-refractivity contribution in [2.75, 3.05) is 5.32 Å². The molecule has 0 spiro atoms. The minimum Gasteiger partial charge on any atom is -0.489 e. The second-order valence-corrected chi connectivity index (χ2v) is 6.90. The molecule has 0 radical (unpaired) electrons. The standard InChI is InChI=1S/C24H17ClN2O4/c25-19-9-5-17(6-10-19)15-31-20-11-7-16(8-12-20)13-18(14-26)23(28)27-22-4-2-1-3-21(22)24(29)30/h1-13H,15H2,(H,27,28)(H,29,30)/b18-13+. The Balaban J connectivity index is 1.68. The zero-order valence-electron chi connectivity index (χ0n) is 16.2. The van der Waals surface area contributed by atoms with Crippen LogP contribution in [0.1, 0.15) is 21.5 Å². The third-order valence-electron chi connectivity index (χ3n) is 4.28. The molecule has 0 unspecified atom stereocenters. The molecular formula is C24H17ClN2O4. The Morgan fingerprint density at radius 1 is 1.03 bits per heavy atom. The van der Waals surface area contributed by atoms with Gasteiger partial charge in [-0.25, -0.2) is 4.79 Å². The zero-order valence-corrected chi connectivity index (χ0v) is 17.0. The van der Waals surface area contributed by atoms with Crippen LogP contribution in [0.5, 0.6) is 5.75 Å². The predicted molar refractivity (Wildman–Crippen MR) is 118 cm³/mol. The average Bonchev–Trinajstić information content (AvgIpc) is 2.78. The second-order valence-electron chi connectivity index (χ2n) is 6.46. The van der Waals surface area contributed by atoms with Gasteiger partial charge in [0, 0.05) is 5.02 Å². The quantitative estimate of drug-likeness (QED) is 0.396. The summed E-state index contributed by atoms with van der Waals surface area (Å²) in [5.41, 5.74) is 1.49. The third-order valence-corrected chi connectivity index (χ3v) is 4.53. The summed E-state index contributed by atoms with van der Waals surface area (Å²) in [5, 5.41) is 21.7. The summed E-state index contributed by atoms with van der Waals surface area (Å²) in [4.78, 5) is 23.7. The summed E-state index contributed by atoms with van der Waals surface area (Å²) in [6.07, 6.45) is 1.42. The van der Waals surface area contributed by atoms with E-state index in [9.17, 15) is 20.0 Å². The maximum Gasteiger partial charge on any atom is 0.337 e. The maximum absolute atomic E-state index is 12.4. The van der Waals surface area contributed by atoms with E-state index in [2.05, 4.69) is 5.32 Å². The lowest BCUT2D eigenvalue weighted by Crippen LogP contribution is -2.16. The topological polar surface area (TPSA) is 99.4 Å². The molecule has 154 valence electrons. The Labute approximate surface area is 184 Å². The minimum absolute atomic E-state index is 0.0599. The first-order valence-corrected chi connectivity index (χ1v) is 9.57. The van der Waals surface area contributed by atoms with Crippen LogP contribution in [0.4, 0.5) is 5.69 Å². The number of halogens is 1. The van der Waals surface area contributed by atoms with E-state index in [1.54, 1.807) is 48.5 Å². The van der Waals surface area contributed by atoms with Crippen LogP contribution in [0.2, 0.25) is 5.02 Å². The molecule has 7 heteroatoms. The number of nitrogens with zero attached hydrogens (tertiary/aromatic N) is 1. The molecule has 0 bridgehead atoms. The number of aromatic carboxylic acids is 1. The Kier molecular flexibility index (Phi) is 7.05. The highest BCUT2D eigenvalue weighted by Gasteiger charge is 2.14. The van der Waals surface area contributed by atoms with Crippen LogP contribution in [0.15, 0.2) is 78.4 Å². The number of rotatable bonds is 7. The van der Waals surface area contributed by atoms with Crippen molar-refractivity contribution in [1.29, 1.82) is 5.26 Å². The van der Waals surface area contributed by atoms with Gasteiger partial charge in [0.05, 0.1) is 11.3 Å². The molecule has 3 aromatic carbocycles. The number of carboxylic acid groups (broad SMARTS) is 1. The van der Waals surface area contributed by atoms with Gasteiger partial charge in [-0.2, -0.15) is 5.26 Å². The molecule has 0 saturated heterocycles. The number of benzene rings is 3. The smallest absolute Gasteiger partial charge is 0.337 e. The number of amides is 1. The molecule has 0 fully saturated rings. The first kappa shape index (κ1) is 21.6. The van der Waals surface area contributed by atoms with Gasteiger partial charge in [0.2, 0.25) is 0 Å². The summed E-state index contributed by atoms with van der Waals surface area (Å²) >= 11 is 5.87. The van der Waals surface area contributed by atoms with Crippen molar-refractivity contribution in [3.63, 3.8) is 0 Å². The molecule has 3 aromatic rings. The SMILES string of the molecule is N#C/C(=C\c1ccc(OCc2ccc(Cl)cc2)cc1)C(=O)Nc1ccccc1C(=O)O. The average molecular weight is 433 g/mol. The predicted octanol–water partition coefficient (Wildman–Crippen LogP) is 5.16. The number of carboxylic acids is 1. The van der Waals surface area contributed by atoms with Gasteiger partial charge >= 0.3 is 5.97 Å².